The van der Waals surface area contributed by atoms with Gasteiger partial charge in [-0.2, -0.15) is 0 Å². The van der Waals surface area contributed by atoms with Gasteiger partial charge in [-0.3, -0.25) is 4.90 Å². The summed E-state index contributed by atoms with van der Waals surface area (Å²) in [6.07, 6.45) is 2.79. The Kier molecular flexibility index (Phi) is 4.13. The summed E-state index contributed by atoms with van der Waals surface area (Å²) in [7, 11) is 1.80. The highest BCUT2D eigenvalue weighted by Crippen LogP contribution is 2.11. The maximum Gasteiger partial charge on any atom is 0.0601 e. The van der Waals surface area contributed by atoms with E-state index in [0.29, 0.717) is 6.10 Å². The number of hydrogen-bond donors (Lipinski definition) is 0. The van der Waals surface area contributed by atoms with Gasteiger partial charge in [0.15, 0.2) is 0 Å². The molecule has 12 heavy (non-hydrogen) atoms. The number of hydrogen-bond acceptors (Lipinski definition) is 2. The molecule has 2 nitrogen and oxygen atoms in total. The smallest absolute Gasteiger partial charge is 0.0601 e. The lowest BCUT2D eigenvalue weighted by Crippen LogP contribution is -2.36. The van der Waals surface area contributed by atoms with Crippen LogP contribution in [0.3, 0.4) is 0 Å². The average Bonchev–Trinajstić information content (AvgIpc) is 2.15. The van der Waals surface area contributed by atoms with E-state index in [9.17, 15) is 0 Å². The Hall–Kier alpha value is -0.520. The highest BCUT2D eigenvalue weighted by atomic mass is 16.5. The number of likely N-dealkylation sites (tertiary alicyclic amines) is 1. The van der Waals surface area contributed by atoms with Crippen LogP contribution in [0.15, 0.2) is 0 Å². The molecule has 1 fully saturated rings. The van der Waals surface area contributed by atoms with Gasteiger partial charge in [0.05, 0.1) is 12.6 Å². The Balaban J connectivity index is 2.20. The van der Waals surface area contributed by atoms with E-state index in [2.05, 4.69) is 16.7 Å². The van der Waals surface area contributed by atoms with E-state index in [1.165, 1.54) is 0 Å². The second-order valence-electron chi connectivity index (χ2n) is 3.14. The predicted octanol–water partition coefficient (Wildman–Crippen LogP) is 1.12. The Morgan fingerprint density at radius 1 is 1.42 bits per heavy atom. The monoisotopic (exact) mass is 167 g/mol. The third-order valence-corrected chi connectivity index (χ3v) is 2.35. The molecule has 0 amide bonds. The third-order valence-electron chi connectivity index (χ3n) is 2.35. The molecule has 1 heterocycles. The fraction of sp³-hybridized carbons (Fsp3) is 0.800. The van der Waals surface area contributed by atoms with Gasteiger partial charge in [0, 0.05) is 20.2 Å². The molecule has 1 rings (SSSR count). The summed E-state index contributed by atoms with van der Waals surface area (Å²) in [5.74, 6) is 6.00. The number of piperidine rings is 1. The standard InChI is InChI=1S/C10H17NO/c1-3-4-7-11-8-5-10(12-2)6-9-11/h10H,5-9H2,1-2H3. The molecule has 0 aromatic rings. The molecule has 0 aromatic carbocycles. The quantitative estimate of drug-likeness (QED) is 0.571. The van der Waals surface area contributed by atoms with Gasteiger partial charge in [0.1, 0.15) is 0 Å². The van der Waals surface area contributed by atoms with Crippen LogP contribution in [0.5, 0.6) is 0 Å². The average molecular weight is 167 g/mol. The molecule has 0 saturated carbocycles. The maximum atomic E-state index is 5.28. The van der Waals surface area contributed by atoms with Crippen LogP contribution in [0.1, 0.15) is 19.8 Å². The van der Waals surface area contributed by atoms with Crippen molar-refractivity contribution in [1.29, 1.82) is 0 Å². The van der Waals surface area contributed by atoms with Gasteiger partial charge in [0.2, 0.25) is 0 Å². The van der Waals surface area contributed by atoms with Crippen LogP contribution in [0, 0.1) is 11.8 Å². The van der Waals surface area contributed by atoms with Crippen molar-refractivity contribution >= 4 is 0 Å². The normalized spacial score (nSPS) is 20.2. The first-order chi connectivity index (χ1) is 5.86. The Morgan fingerprint density at radius 2 is 2.08 bits per heavy atom. The molecule has 0 aromatic heterocycles. The van der Waals surface area contributed by atoms with Crippen LogP contribution < -0.4 is 0 Å². The van der Waals surface area contributed by atoms with Crippen molar-refractivity contribution in [3.05, 3.63) is 0 Å². The molecule has 1 saturated heterocycles. The fourth-order valence-electron chi connectivity index (χ4n) is 1.49. The number of methoxy groups -OCH3 is 1. The lowest BCUT2D eigenvalue weighted by molar-refractivity contribution is 0.0450. The van der Waals surface area contributed by atoms with Crippen LogP contribution in [0.2, 0.25) is 0 Å². The minimum Gasteiger partial charge on any atom is -0.381 e. The first-order valence-corrected chi connectivity index (χ1v) is 4.51. The molecule has 0 atom stereocenters. The first kappa shape index (κ1) is 9.57. The van der Waals surface area contributed by atoms with E-state index in [1.54, 1.807) is 7.11 Å². The van der Waals surface area contributed by atoms with Gasteiger partial charge >= 0.3 is 0 Å². The van der Waals surface area contributed by atoms with E-state index in [0.717, 1.165) is 32.5 Å². The van der Waals surface area contributed by atoms with Crippen molar-refractivity contribution < 1.29 is 4.74 Å². The fourth-order valence-corrected chi connectivity index (χ4v) is 1.49. The number of nitrogens with zero attached hydrogens (tertiary/aromatic N) is 1. The van der Waals surface area contributed by atoms with E-state index < -0.39 is 0 Å². The topological polar surface area (TPSA) is 12.5 Å². The Labute approximate surface area is 74.9 Å². The molecule has 1 aliphatic heterocycles. The van der Waals surface area contributed by atoms with Crippen LogP contribution in [-0.4, -0.2) is 37.7 Å². The molecular weight excluding hydrogens is 150 g/mol. The number of ether oxygens (including phenoxy) is 1. The molecule has 68 valence electrons. The van der Waals surface area contributed by atoms with E-state index in [-0.39, 0.29) is 0 Å². The highest BCUT2D eigenvalue weighted by Gasteiger charge is 2.17. The Morgan fingerprint density at radius 3 is 2.58 bits per heavy atom. The summed E-state index contributed by atoms with van der Waals surface area (Å²) in [5.41, 5.74) is 0. The summed E-state index contributed by atoms with van der Waals surface area (Å²) < 4.78 is 5.28. The highest BCUT2D eigenvalue weighted by molar-refractivity contribution is 4.98. The Bertz CT molecular complexity index is 172. The molecule has 0 N–H and O–H groups in total. The van der Waals surface area contributed by atoms with Crippen molar-refractivity contribution in [2.24, 2.45) is 0 Å². The largest absolute Gasteiger partial charge is 0.381 e. The summed E-state index contributed by atoms with van der Waals surface area (Å²) in [6.45, 7) is 5.08. The lowest BCUT2D eigenvalue weighted by Gasteiger charge is -2.29. The molecule has 0 spiro atoms. The zero-order valence-corrected chi connectivity index (χ0v) is 7.97. The first-order valence-electron chi connectivity index (χ1n) is 4.51. The molecule has 2 heteroatoms. The molecule has 1 aliphatic rings. The minimum absolute atomic E-state index is 0.482. The zero-order chi connectivity index (χ0) is 8.81. The van der Waals surface area contributed by atoms with E-state index in [4.69, 9.17) is 4.74 Å². The third kappa shape index (κ3) is 2.84. The van der Waals surface area contributed by atoms with Gasteiger partial charge in [-0.05, 0) is 19.8 Å². The summed E-state index contributed by atoms with van der Waals surface area (Å²) >= 11 is 0. The maximum absolute atomic E-state index is 5.28. The van der Waals surface area contributed by atoms with Gasteiger partial charge in [-0.25, -0.2) is 0 Å². The van der Waals surface area contributed by atoms with Crippen LogP contribution in [0.25, 0.3) is 0 Å². The van der Waals surface area contributed by atoms with Gasteiger partial charge in [-0.15, -0.1) is 5.92 Å². The second-order valence-corrected chi connectivity index (χ2v) is 3.14. The van der Waals surface area contributed by atoms with Crippen molar-refractivity contribution in [2.75, 3.05) is 26.7 Å². The van der Waals surface area contributed by atoms with E-state index in [1.807, 2.05) is 6.92 Å². The van der Waals surface area contributed by atoms with Crippen molar-refractivity contribution in [3.63, 3.8) is 0 Å². The number of rotatable bonds is 2. The molecule has 0 radical (unpaired) electrons. The zero-order valence-electron chi connectivity index (χ0n) is 7.97. The summed E-state index contributed by atoms with van der Waals surface area (Å²) in [6, 6.07) is 0. The van der Waals surface area contributed by atoms with Crippen molar-refractivity contribution in [1.82, 2.24) is 4.90 Å². The summed E-state index contributed by atoms with van der Waals surface area (Å²) in [5, 5.41) is 0. The van der Waals surface area contributed by atoms with Gasteiger partial charge in [0.25, 0.3) is 0 Å². The van der Waals surface area contributed by atoms with Crippen LogP contribution >= 0.6 is 0 Å². The van der Waals surface area contributed by atoms with Crippen LogP contribution in [0.4, 0.5) is 0 Å². The molecular formula is C10H17NO. The van der Waals surface area contributed by atoms with E-state index >= 15 is 0 Å². The SMILES string of the molecule is CC#CCN1CCC(OC)CC1. The summed E-state index contributed by atoms with van der Waals surface area (Å²) in [4.78, 5) is 2.38. The van der Waals surface area contributed by atoms with Crippen molar-refractivity contribution in [2.45, 2.75) is 25.9 Å². The minimum atomic E-state index is 0.482. The molecule has 0 unspecified atom stereocenters. The lowest BCUT2D eigenvalue weighted by atomic mass is 10.1. The van der Waals surface area contributed by atoms with Gasteiger partial charge in [-0.1, -0.05) is 5.92 Å². The van der Waals surface area contributed by atoms with Crippen LogP contribution in [-0.2, 0) is 4.74 Å². The van der Waals surface area contributed by atoms with Gasteiger partial charge < -0.3 is 4.74 Å². The molecule has 0 aliphatic carbocycles. The molecule has 0 bridgehead atoms. The van der Waals surface area contributed by atoms with Crippen molar-refractivity contribution in [3.8, 4) is 11.8 Å². The predicted molar refractivity (Wildman–Crippen MR) is 49.9 cm³/mol. The second kappa shape index (κ2) is 5.18.